The Morgan fingerprint density at radius 1 is 1.00 bits per heavy atom. The number of hydrogen-bond donors (Lipinski definition) is 1. The van der Waals surface area contributed by atoms with E-state index in [1.807, 2.05) is 12.1 Å². The van der Waals surface area contributed by atoms with E-state index in [1.54, 1.807) is 54.6 Å². The second-order valence-corrected chi connectivity index (χ2v) is 8.81. The lowest BCUT2D eigenvalue weighted by atomic mass is 10.2. The fourth-order valence-electron chi connectivity index (χ4n) is 3.12. The number of halogens is 1. The van der Waals surface area contributed by atoms with E-state index < -0.39 is 5.97 Å². The maximum Gasteiger partial charge on any atom is 0.342 e. The van der Waals surface area contributed by atoms with Crippen molar-refractivity contribution in [3.05, 3.63) is 87.8 Å². The van der Waals surface area contributed by atoms with E-state index in [2.05, 4.69) is 10.2 Å². The maximum absolute atomic E-state index is 11.9. The topological polar surface area (TPSA) is 104 Å². The minimum absolute atomic E-state index is 0.00303. The van der Waals surface area contributed by atoms with Crippen molar-refractivity contribution in [2.24, 2.45) is 0 Å². The first-order valence-electron chi connectivity index (χ1n) is 10.6. The van der Waals surface area contributed by atoms with Crippen LogP contribution in [0.4, 0.5) is 0 Å². The predicted molar refractivity (Wildman–Crippen MR) is 137 cm³/mol. The van der Waals surface area contributed by atoms with Gasteiger partial charge in [0, 0.05) is 16.7 Å². The molecule has 0 atom stereocenters. The molecule has 0 saturated heterocycles. The van der Waals surface area contributed by atoms with Gasteiger partial charge in [-0.2, -0.15) is 0 Å². The minimum atomic E-state index is -1.13. The number of carbonyl (C=O) groups is 1. The van der Waals surface area contributed by atoms with Gasteiger partial charge in [-0.05, 0) is 65.4 Å². The molecule has 0 fully saturated rings. The number of aliphatic carboxylic acids is 1. The van der Waals surface area contributed by atoms with Crippen molar-refractivity contribution in [1.29, 1.82) is 0 Å². The van der Waals surface area contributed by atoms with Gasteiger partial charge in [-0.3, -0.25) is 0 Å². The molecule has 1 aromatic heterocycles. The fourth-order valence-corrected chi connectivity index (χ4v) is 3.92. The molecule has 0 amide bonds. The van der Waals surface area contributed by atoms with Crippen LogP contribution in [0, 0.1) is 0 Å². The highest BCUT2D eigenvalue weighted by atomic mass is 35.5. The van der Waals surface area contributed by atoms with Crippen LogP contribution in [0.3, 0.4) is 0 Å². The summed E-state index contributed by atoms with van der Waals surface area (Å²) in [4.78, 5) is 11.9. The maximum atomic E-state index is 11.9. The Kier molecular flexibility index (Phi) is 8.14. The van der Waals surface area contributed by atoms with E-state index >= 15 is 0 Å². The number of hydrogen-bond acceptors (Lipinski definition) is 8. The molecule has 0 unspecified atom stereocenters. The van der Waals surface area contributed by atoms with E-state index in [0.29, 0.717) is 40.0 Å². The minimum Gasteiger partial charge on any atom is -0.497 e. The first-order valence-corrected chi connectivity index (χ1v) is 11.8. The van der Waals surface area contributed by atoms with Crippen LogP contribution in [-0.4, -0.2) is 35.5 Å². The van der Waals surface area contributed by atoms with Gasteiger partial charge in [0.25, 0.3) is 5.22 Å². The molecular formula is C26H21ClN2O6S. The number of carboxylic acids is 1. The van der Waals surface area contributed by atoms with Crippen LogP contribution in [0.1, 0.15) is 11.1 Å². The summed E-state index contributed by atoms with van der Waals surface area (Å²) in [6.45, 7) is 0.352. The second-order valence-electron chi connectivity index (χ2n) is 7.38. The Labute approximate surface area is 216 Å². The lowest BCUT2D eigenvalue weighted by Crippen LogP contribution is -1.97. The van der Waals surface area contributed by atoms with Crippen LogP contribution >= 0.6 is 23.4 Å². The van der Waals surface area contributed by atoms with Gasteiger partial charge in [-0.15, -0.1) is 10.2 Å². The van der Waals surface area contributed by atoms with Crippen molar-refractivity contribution in [3.8, 4) is 28.7 Å². The van der Waals surface area contributed by atoms with Gasteiger partial charge in [-0.25, -0.2) is 4.79 Å². The zero-order chi connectivity index (χ0) is 25.5. The number of aromatic nitrogens is 2. The van der Waals surface area contributed by atoms with Crippen LogP contribution in [0.2, 0.25) is 5.02 Å². The summed E-state index contributed by atoms with van der Waals surface area (Å²) >= 11 is 6.77. The van der Waals surface area contributed by atoms with Gasteiger partial charge in [0.2, 0.25) is 5.89 Å². The first-order chi connectivity index (χ1) is 17.4. The molecule has 0 aliphatic carbocycles. The lowest BCUT2D eigenvalue weighted by Gasteiger charge is -2.07. The van der Waals surface area contributed by atoms with Crippen molar-refractivity contribution < 1.29 is 28.5 Å². The van der Waals surface area contributed by atoms with Crippen molar-refractivity contribution >= 4 is 35.4 Å². The molecule has 4 aromatic rings. The summed E-state index contributed by atoms with van der Waals surface area (Å²) < 4.78 is 22.1. The zero-order valence-electron chi connectivity index (χ0n) is 19.3. The monoisotopic (exact) mass is 524 g/mol. The molecule has 0 spiro atoms. The smallest absolute Gasteiger partial charge is 0.342 e. The molecule has 0 aliphatic heterocycles. The third kappa shape index (κ3) is 6.59. The molecule has 0 radical (unpaired) electrons. The molecule has 1 heterocycles. The van der Waals surface area contributed by atoms with E-state index in [1.165, 1.54) is 20.3 Å². The number of methoxy groups -OCH3 is 2. The van der Waals surface area contributed by atoms with Crippen LogP contribution in [0.5, 0.6) is 17.2 Å². The largest absolute Gasteiger partial charge is 0.497 e. The van der Waals surface area contributed by atoms with Crippen molar-refractivity contribution in [3.63, 3.8) is 0 Å². The molecule has 1 N–H and O–H groups in total. The Balaban J connectivity index is 1.50. The van der Waals surface area contributed by atoms with E-state index in [9.17, 15) is 9.90 Å². The Hall–Kier alpha value is -3.95. The third-order valence-corrected chi connectivity index (χ3v) is 5.99. The molecule has 4 rings (SSSR count). The van der Waals surface area contributed by atoms with Gasteiger partial charge in [0.05, 0.1) is 14.2 Å². The van der Waals surface area contributed by atoms with Crippen molar-refractivity contribution in [2.75, 3.05) is 14.2 Å². The number of nitrogens with zero attached hydrogens (tertiary/aromatic N) is 2. The Morgan fingerprint density at radius 2 is 1.72 bits per heavy atom. The van der Waals surface area contributed by atoms with Gasteiger partial charge in [-0.1, -0.05) is 35.9 Å². The van der Waals surface area contributed by atoms with Gasteiger partial charge in [0.15, 0.2) is 0 Å². The van der Waals surface area contributed by atoms with Gasteiger partial charge in [0.1, 0.15) is 28.8 Å². The molecule has 10 heteroatoms. The molecule has 0 saturated carbocycles. The lowest BCUT2D eigenvalue weighted by molar-refractivity contribution is -0.131. The molecule has 0 bridgehead atoms. The number of thioether (sulfide) groups is 1. The summed E-state index contributed by atoms with van der Waals surface area (Å²) in [7, 11) is 3.07. The normalized spacial score (nSPS) is 11.2. The van der Waals surface area contributed by atoms with Crippen LogP contribution in [-0.2, 0) is 11.4 Å². The fraction of sp³-hybridized carbons (Fsp3) is 0.115. The molecule has 8 nitrogen and oxygen atoms in total. The molecule has 36 heavy (non-hydrogen) atoms. The van der Waals surface area contributed by atoms with Crippen LogP contribution in [0.15, 0.2) is 81.3 Å². The second kappa shape index (κ2) is 11.7. The number of rotatable bonds is 10. The van der Waals surface area contributed by atoms with Crippen molar-refractivity contribution in [1.82, 2.24) is 10.2 Å². The highest BCUT2D eigenvalue weighted by molar-refractivity contribution is 8.03. The summed E-state index contributed by atoms with van der Waals surface area (Å²) in [5, 5.41) is 18.5. The Bertz CT molecular complexity index is 1370. The first kappa shape index (κ1) is 25.2. The predicted octanol–water partition coefficient (Wildman–Crippen LogP) is 6.20. The van der Waals surface area contributed by atoms with Gasteiger partial charge >= 0.3 is 5.97 Å². The van der Waals surface area contributed by atoms with Gasteiger partial charge < -0.3 is 23.7 Å². The number of benzene rings is 3. The number of ether oxygens (including phenoxy) is 3. The summed E-state index contributed by atoms with van der Waals surface area (Å²) in [6.07, 6.45) is 1.51. The molecule has 3 aromatic carbocycles. The summed E-state index contributed by atoms with van der Waals surface area (Å²) in [5.41, 5.74) is 2.19. The highest BCUT2D eigenvalue weighted by Gasteiger charge is 2.17. The standard InChI is InChI=1S/C26H21ClN2O6S/c1-32-21-12-18(13-22(14-21)33-2)24-28-29-26(35-24)36-23(25(30)31)11-17-4-3-5-20(10-17)34-15-16-6-8-19(27)9-7-16/h3-14H,15H2,1-2H3,(H,30,31)/b23-11-. The molecule has 0 aliphatic rings. The summed E-state index contributed by atoms with van der Waals surface area (Å²) in [5.74, 6) is 0.787. The molecule has 184 valence electrons. The van der Waals surface area contributed by atoms with E-state index in [-0.39, 0.29) is 16.0 Å². The van der Waals surface area contributed by atoms with E-state index in [4.69, 9.17) is 30.2 Å². The number of carboxylic acid groups (broad SMARTS) is 1. The average Bonchev–Trinajstić information content (AvgIpc) is 3.36. The average molecular weight is 525 g/mol. The highest BCUT2D eigenvalue weighted by Crippen LogP contribution is 2.33. The SMILES string of the molecule is COc1cc(OC)cc(-c2nnc(S/C(=C\c3cccc(OCc4ccc(Cl)cc4)c3)C(=O)O)o2)c1. The zero-order valence-corrected chi connectivity index (χ0v) is 20.9. The van der Waals surface area contributed by atoms with Crippen molar-refractivity contribution in [2.45, 2.75) is 11.8 Å². The van der Waals surface area contributed by atoms with Crippen LogP contribution < -0.4 is 14.2 Å². The third-order valence-electron chi connectivity index (χ3n) is 4.89. The van der Waals surface area contributed by atoms with E-state index in [0.717, 1.165) is 17.3 Å². The summed E-state index contributed by atoms with van der Waals surface area (Å²) in [6, 6.07) is 19.6. The molecular weight excluding hydrogens is 504 g/mol. The quantitative estimate of drug-likeness (QED) is 0.191. The van der Waals surface area contributed by atoms with Crippen LogP contribution in [0.25, 0.3) is 17.5 Å². The Morgan fingerprint density at radius 3 is 2.39 bits per heavy atom.